The Kier molecular flexibility index (Phi) is 6.70. The Bertz CT molecular complexity index is 736. The monoisotopic (exact) mass is 389 g/mol. The van der Waals surface area contributed by atoms with Crippen LogP contribution in [0.5, 0.6) is 0 Å². The van der Waals surface area contributed by atoms with Gasteiger partial charge in [0.15, 0.2) is 5.69 Å². The Labute approximate surface area is 166 Å². The first-order valence-corrected chi connectivity index (χ1v) is 10.4. The van der Waals surface area contributed by atoms with Crippen molar-refractivity contribution in [2.75, 3.05) is 26.2 Å². The Balaban J connectivity index is 1.61. The first kappa shape index (κ1) is 20.4. The van der Waals surface area contributed by atoms with E-state index in [4.69, 9.17) is 0 Å². The van der Waals surface area contributed by atoms with Gasteiger partial charge in [-0.05, 0) is 19.3 Å². The van der Waals surface area contributed by atoms with Crippen LogP contribution in [0.2, 0.25) is 0 Å². The van der Waals surface area contributed by atoms with Crippen molar-refractivity contribution >= 4 is 17.7 Å². The molecule has 154 valence electrons. The molecule has 0 aliphatic carbocycles. The second-order valence-corrected chi connectivity index (χ2v) is 7.67. The van der Waals surface area contributed by atoms with Crippen molar-refractivity contribution in [1.29, 1.82) is 0 Å². The highest BCUT2D eigenvalue weighted by molar-refractivity contribution is 5.94. The molecule has 3 rings (SSSR count). The lowest BCUT2D eigenvalue weighted by molar-refractivity contribution is -0.134. The van der Waals surface area contributed by atoms with Gasteiger partial charge in [0.2, 0.25) is 11.8 Å². The van der Waals surface area contributed by atoms with Gasteiger partial charge in [-0.25, -0.2) is 0 Å². The largest absolute Gasteiger partial charge is 0.356 e. The standard InChI is InChI=1S/C20H31N5O3/c1-3-4-10-21-17(26)7-8-18(27)25-13-9-16-15(14-25)19(22-23(16)2)20(28)24-11-5-6-12-24/h3-14H2,1-2H3,(H,21,26). The number of likely N-dealkylation sites (tertiary alicyclic amines) is 1. The van der Waals surface area contributed by atoms with Crippen molar-refractivity contribution in [3.8, 4) is 0 Å². The first-order valence-electron chi connectivity index (χ1n) is 10.4. The molecule has 1 fully saturated rings. The molecule has 1 N–H and O–H groups in total. The van der Waals surface area contributed by atoms with E-state index in [1.54, 1.807) is 9.58 Å². The Morgan fingerprint density at radius 1 is 1.07 bits per heavy atom. The number of nitrogens with one attached hydrogen (secondary N) is 1. The van der Waals surface area contributed by atoms with E-state index >= 15 is 0 Å². The van der Waals surface area contributed by atoms with Gasteiger partial charge in [-0.3, -0.25) is 19.1 Å². The Hall–Kier alpha value is -2.38. The molecule has 3 heterocycles. The predicted molar refractivity (Wildman–Crippen MR) is 105 cm³/mol. The van der Waals surface area contributed by atoms with Gasteiger partial charge in [0.1, 0.15) is 0 Å². The van der Waals surface area contributed by atoms with Crippen LogP contribution in [0.4, 0.5) is 0 Å². The quantitative estimate of drug-likeness (QED) is 0.711. The lowest BCUT2D eigenvalue weighted by atomic mass is 10.0. The summed E-state index contributed by atoms with van der Waals surface area (Å²) in [7, 11) is 1.86. The highest BCUT2D eigenvalue weighted by atomic mass is 16.2. The molecule has 8 nitrogen and oxygen atoms in total. The molecule has 0 saturated carbocycles. The molecule has 0 bridgehead atoms. The third-order valence-corrected chi connectivity index (χ3v) is 5.61. The van der Waals surface area contributed by atoms with Gasteiger partial charge in [-0.1, -0.05) is 13.3 Å². The van der Waals surface area contributed by atoms with Crippen LogP contribution in [-0.4, -0.2) is 63.5 Å². The van der Waals surface area contributed by atoms with E-state index in [0.29, 0.717) is 31.7 Å². The van der Waals surface area contributed by atoms with E-state index < -0.39 is 0 Å². The van der Waals surface area contributed by atoms with Crippen LogP contribution >= 0.6 is 0 Å². The summed E-state index contributed by atoms with van der Waals surface area (Å²) in [5.41, 5.74) is 2.38. The summed E-state index contributed by atoms with van der Waals surface area (Å²) in [5, 5.41) is 7.31. The molecule has 0 radical (unpaired) electrons. The van der Waals surface area contributed by atoms with E-state index in [1.807, 2.05) is 11.9 Å². The van der Waals surface area contributed by atoms with Crippen LogP contribution in [0.1, 0.15) is 67.2 Å². The number of unbranched alkanes of at least 4 members (excludes halogenated alkanes) is 1. The van der Waals surface area contributed by atoms with Gasteiger partial charge in [0, 0.05) is 70.3 Å². The molecule has 1 aromatic rings. The zero-order valence-corrected chi connectivity index (χ0v) is 17.0. The number of hydrogen-bond donors (Lipinski definition) is 1. The summed E-state index contributed by atoms with van der Waals surface area (Å²) < 4.78 is 1.78. The maximum absolute atomic E-state index is 12.8. The molecule has 3 amide bonds. The van der Waals surface area contributed by atoms with E-state index in [2.05, 4.69) is 17.3 Å². The SMILES string of the molecule is CCCCNC(=O)CCC(=O)N1CCc2c(c(C(=O)N3CCCC3)nn2C)C1. The fourth-order valence-electron chi connectivity index (χ4n) is 3.92. The number of hydrogen-bond acceptors (Lipinski definition) is 4. The molecule has 0 atom stereocenters. The minimum absolute atomic E-state index is 0.0287. The Morgan fingerprint density at radius 3 is 2.54 bits per heavy atom. The predicted octanol–water partition coefficient (Wildman–Crippen LogP) is 1.24. The maximum atomic E-state index is 12.8. The number of carbonyl (C=O) groups excluding carboxylic acids is 3. The molecule has 8 heteroatoms. The molecule has 0 unspecified atom stereocenters. The molecular formula is C20H31N5O3. The molecule has 1 aromatic heterocycles. The molecule has 1 saturated heterocycles. The molecule has 2 aliphatic rings. The number of nitrogens with zero attached hydrogens (tertiary/aromatic N) is 4. The fourth-order valence-corrected chi connectivity index (χ4v) is 3.92. The lowest BCUT2D eigenvalue weighted by Crippen LogP contribution is -2.38. The van der Waals surface area contributed by atoms with Crippen LogP contribution < -0.4 is 5.32 Å². The third kappa shape index (κ3) is 4.54. The smallest absolute Gasteiger partial charge is 0.274 e. The summed E-state index contributed by atoms with van der Waals surface area (Å²) in [6, 6.07) is 0. The number of rotatable bonds is 7. The summed E-state index contributed by atoms with van der Waals surface area (Å²) in [4.78, 5) is 40.9. The normalized spacial score (nSPS) is 16.2. The zero-order valence-electron chi connectivity index (χ0n) is 17.0. The van der Waals surface area contributed by atoms with Gasteiger partial charge in [0.05, 0.1) is 0 Å². The van der Waals surface area contributed by atoms with E-state index in [1.165, 1.54) is 0 Å². The molecule has 0 aromatic carbocycles. The van der Waals surface area contributed by atoms with Crippen LogP contribution in [0.3, 0.4) is 0 Å². The number of fused-ring (bicyclic) bond motifs is 1. The number of aryl methyl sites for hydroxylation is 1. The van der Waals surface area contributed by atoms with Crippen LogP contribution in [-0.2, 0) is 29.6 Å². The second kappa shape index (κ2) is 9.21. The number of carbonyl (C=O) groups is 3. The number of aromatic nitrogens is 2. The van der Waals surface area contributed by atoms with Crippen molar-refractivity contribution in [1.82, 2.24) is 24.9 Å². The third-order valence-electron chi connectivity index (χ3n) is 5.61. The highest BCUT2D eigenvalue weighted by Gasteiger charge is 2.31. The minimum atomic E-state index is -0.0780. The first-order chi connectivity index (χ1) is 13.5. The van der Waals surface area contributed by atoms with Gasteiger partial charge < -0.3 is 15.1 Å². The highest BCUT2D eigenvalue weighted by Crippen LogP contribution is 2.25. The molecule has 0 spiro atoms. The van der Waals surface area contributed by atoms with Crippen LogP contribution in [0.25, 0.3) is 0 Å². The average Bonchev–Trinajstić information content (AvgIpc) is 3.34. The maximum Gasteiger partial charge on any atom is 0.274 e. The van der Waals surface area contributed by atoms with Crippen LogP contribution in [0.15, 0.2) is 0 Å². The molecular weight excluding hydrogens is 358 g/mol. The molecule has 2 aliphatic heterocycles. The van der Waals surface area contributed by atoms with E-state index in [-0.39, 0.29) is 30.6 Å². The fraction of sp³-hybridized carbons (Fsp3) is 0.700. The second-order valence-electron chi connectivity index (χ2n) is 7.67. The van der Waals surface area contributed by atoms with Gasteiger partial charge in [-0.15, -0.1) is 0 Å². The molecule has 28 heavy (non-hydrogen) atoms. The summed E-state index contributed by atoms with van der Waals surface area (Å²) in [6.07, 6.45) is 5.13. The lowest BCUT2D eigenvalue weighted by Gasteiger charge is -2.28. The summed E-state index contributed by atoms with van der Waals surface area (Å²) in [6.45, 7) is 5.28. The summed E-state index contributed by atoms with van der Waals surface area (Å²) >= 11 is 0. The average molecular weight is 390 g/mol. The van der Waals surface area contributed by atoms with Crippen molar-refractivity contribution < 1.29 is 14.4 Å². The van der Waals surface area contributed by atoms with Gasteiger partial charge >= 0.3 is 0 Å². The Morgan fingerprint density at radius 2 is 1.82 bits per heavy atom. The zero-order chi connectivity index (χ0) is 20.1. The van der Waals surface area contributed by atoms with E-state index in [0.717, 1.165) is 50.0 Å². The van der Waals surface area contributed by atoms with Crippen LogP contribution in [0, 0.1) is 0 Å². The van der Waals surface area contributed by atoms with Crippen molar-refractivity contribution in [3.63, 3.8) is 0 Å². The number of amides is 3. The van der Waals surface area contributed by atoms with Crippen molar-refractivity contribution in [2.45, 2.75) is 58.4 Å². The van der Waals surface area contributed by atoms with E-state index in [9.17, 15) is 14.4 Å². The summed E-state index contributed by atoms with van der Waals surface area (Å²) in [5.74, 6) is -0.149. The minimum Gasteiger partial charge on any atom is -0.356 e. The van der Waals surface area contributed by atoms with Gasteiger partial charge in [-0.2, -0.15) is 5.10 Å². The topological polar surface area (TPSA) is 87.5 Å². The van der Waals surface area contributed by atoms with Gasteiger partial charge in [0.25, 0.3) is 5.91 Å². The van der Waals surface area contributed by atoms with Crippen molar-refractivity contribution in [2.24, 2.45) is 7.05 Å². The van der Waals surface area contributed by atoms with Crippen molar-refractivity contribution in [3.05, 3.63) is 17.0 Å².